The third kappa shape index (κ3) is 5.44. The van der Waals surface area contributed by atoms with E-state index in [9.17, 15) is 9.59 Å². The van der Waals surface area contributed by atoms with E-state index in [2.05, 4.69) is 113 Å². The van der Waals surface area contributed by atoms with Gasteiger partial charge in [-0.25, -0.2) is 0 Å². The first-order valence-electron chi connectivity index (χ1n) is 14.9. The molecular formula is C37H37N4O2S+. The molecule has 44 heavy (non-hydrogen) atoms. The second-order valence-electron chi connectivity index (χ2n) is 11.4. The molecule has 2 heterocycles. The molecule has 1 aliphatic carbocycles. The van der Waals surface area contributed by atoms with Crippen LogP contribution in [0.2, 0.25) is 0 Å². The van der Waals surface area contributed by atoms with Gasteiger partial charge in [0.2, 0.25) is 5.78 Å². The van der Waals surface area contributed by atoms with Gasteiger partial charge >= 0.3 is 0 Å². The summed E-state index contributed by atoms with van der Waals surface area (Å²) in [6.45, 7) is 4.86. The lowest BCUT2D eigenvalue weighted by molar-refractivity contribution is -0.553. The summed E-state index contributed by atoms with van der Waals surface area (Å²) in [5, 5.41) is 2.36. The summed E-state index contributed by atoms with van der Waals surface area (Å²) in [7, 11) is 6.14. The fourth-order valence-corrected chi connectivity index (χ4v) is 6.96. The minimum absolute atomic E-state index is 0.0658. The van der Waals surface area contributed by atoms with Gasteiger partial charge in [0.25, 0.3) is 5.82 Å². The molecule has 0 bridgehead atoms. The van der Waals surface area contributed by atoms with Crippen LogP contribution in [0.25, 0.3) is 22.7 Å². The first kappa shape index (κ1) is 29.5. The van der Waals surface area contributed by atoms with E-state index in [4.69, 9.17) is 0 Å². The number of allylic oxidation sites excluding steroid dienone is 3. The fourth-order valence-electron chi connectivity index (χ4n) is 5.85. The Balaban J connectivity index is 1.34. The molecule has 6 rings (SSSR count). The number of anilines is 2. The molecule has 0 spiro atoms. The molecule has 0 atom stereocenters. The zero-order valence-electron chi connectivity index (χ0n) is 25.9. The molecule has 0 amide bonds. The zero-order valence-corrected chi connectivity index (χ0v) is 26.7. The van der Waals surface area contributed by atoms with Gasteiger partial charge in [-0.3, -0.25) is 14.5 Å². The number of hydrogen-bond donors (Lipinski definition) is 0. The molecule has 6 nitrogen and oxygen atoms in total. The van der Waals surface area contributed by atoms with Gasteiger partial charge in [-0.05, 0) is 55.8 Å². The lowest BCUT2D eigenvalue weighted by Crippen LogP contribution is -2.41. The number of rotatable bonds is 8. The highest BCUT2D eigenvalue weighted by Crippen LogP contribution is 2.45. The number of nitrogens with zero attached hydrogens (tertiary/aromatic N) is 4. The number of fused-ring (bicyclic) bond motifs is 2. The van der Waals surface area contributed by atoms with E-state index in [1.54, 1.807) is 25.6 Å². The van der Waals surface area contributed by atoms with Crippen molar-refractivity contribution in [1.82, 2.24) is 4.90 Å². The number of carbonyl (C=O) groups excluding carboxylic acids is 2. The first-order chi connectivity index (χ1) is 21.2. The van der Waals surface area contributed by atoms with Crippen LogP contribution in [0, 0.1) is 0 Å². The molecule has 222 valence electrons. The first-order valence-corrected chi connectivity index (χ1v) is 15.7. The zero-order chi connectivity index (χ0) is 31.0. The Morgan fingerprint density at radius 3 is 2.30 bits per heavy atom. The normalized spacial score (nSPS) is 15.7. The number of ketones is 2. The van der Waals surface area contributed by atoms with E-state index < -0.39 is 0 Å². The Labute approximate surface area is 263 Å². The standard InChI is InChI=1S/C37H37N4O2S/c1-25-26(2)37(43)32(24-33(25)42)38(3)20-13-21-39(4)35-22-27(23-36-40(5)31-18-11-12-19-34(31)44-36)29-16-9-10-17-30(29)41(35)28-14-7-6-8-15-28/h6-12,14-19,22-24H,13,20-21H2,1-5H3/q+1. The molecule has 0 N–H and O–H groups in total. The van der Waals surface area contributed by atoms with Crippen LogP contribution in [-0.4, -0.2) is 50.7 Å². The van der Waals surface area contributed by atoms with E-state index >= 15 is 0 Å². The Morgan fingerprint density at radius 2 is 1.52 bits per heavy atom. The molecule has 0 saturated carbocycles. The lowest BCUT2D eigenvalue weighted by atomic mass is 9.94. The summed E-state index contributed by atoms with van der Waals surface area (Å²) in [5.74, 6) is 0.922. The van der Waals surface area contributed by atoms with Crippen molar-refractivity contribution in [3.63, 3.8) is 0 Å². The summed E-state index contributed by atoms with van der Waals surface area (Å²) >= 11 is 1.79. The Kier molecular flexibility index (Phi) is 8.15. The average Bonchev–Trinajstić information content (AvgIpc) is 3.36. The van der Waals surface area contributed by atoms with Crippen LogP contribution in [0.4, 0.5) is 11.5 Å². The van der Waals surface area contributed by atoms with E-state index in [1.165, 1.54) is 27.1 Å². The third-order valence-corrected chi connectivity index (χ3v) is 9.76. The van der Waals surface area contributed by atoms with Gasteiger partial charge in [-0.2, -0.15) is 4.57 Å². The van der Waals surface area contributed by atoms with Crippen LogP contribution in [0.1, 0.15) is 25.8 Å². The fraction of sp³-hybridized carbons (Fsp3) is 0.216. The van der Waals surface area contributed by atoms with Crippen molar-refractivity contribution >= 4 is 51.8 Å². The highest BCUT2D eigenvalue weighted by Gasteiger charge is 2.27. The lowest BCUT2D eigenvalue weighted by Gasteiger charge is -2.25. The van der Waals surface area contributed by atoms with Gasteiger partial charge in [0.15, 0.2) is 5.78 Å². The predicted octanol–water partition coefficient (Wildman–Crippen LogP) is 6.79. The molecule has 3 aromatic carbocycles. The molecule has 2 aliphatic rings. The highest BCUT2D eigenvalue weighted by atomic mass is 32.2. The number of para-hydroxylation sites is 3. The number of aromatic nitrogens is 1. The topological polar surface area (TPSA) is 47.7 Å². The predicted molar refractivity (Wildman–Crippen MR) is 181 cm³/mol. The summed E-state index contributed by atoms with van der Waals surface area (Å²) in [6.07, 6.45) is 4.58. The van der Waals surface area contributed by atoms with Gasteiger partial charge in [0.1, 0.15) is 11.2 Å². The third-order valence-electron chi connectivity index (χ3n) is 8.60. The van der Waals surface area contributed by atoms with Crippen LogP contribution in [-0.2, 0) is 9.59 Å². The minimum atomic E-state index is -0.0862. The summed E-state index contributed by atoms with van der Waals surface area (Å²) in [4.78, 5) is 33.0. The van der Waals surface area contributed by atoms with Crippen LogP contribution in [0.3, 0.4) is 0 Å². The number of hydrogen-bond acceptors (Lipinski definition) is 6. The van der Waals surface area contributed by atoms with Crippen molar-refractivity contribution in [2.75, 3.05) is 44.0 Å². The van der Waals surface area contributed by atoms with Crippen molar-refractivity contribution in [3.8, 4) is 5.69 Å². The van der Waals surface area contributed by atoms with E-state index in [0.717, 1.165) is 35.6 Å². The molecule has 0 radical (unpaired) electrons. The largest absolute Gasteiger partial charge is 0.371 e. The van der Waals surface area contributed by atoms with Gasteiger partial charge < -0.3 is 9.80 Å². The number of benzene rings is 3. The maximum Gasteiger partial charge on any atom is 0.282 e. The smallest absolute Gasteiger partial charge is 0.282 e. The summed E-state index contributed by atoms with van der Waals surface area (Å²) < 4.78 is 2.32. The molecule has 7 heteroatoms. The number of pyridine rings is 1. The van der Waals surface area contributed by atoms with E-state index in [0.29, 0.717) is 23.4 Å². The van der Waals surface area contributed by atoms with Crippen LogP contribution in [0.15, 0.2) is 118 Å². The van der Waals surface area contributed by atoms with Gasteiger partial charge in [0, 0.05) is 60.6 Å². The SMILES string of the molecule is CC1=C(C)C(=O)C(N(C)CCCN(C)c2cc(/C=C3/Sc4ccccc4N3C)c3ccccc3[n+]2-c2ccccc2)=CC1=O. The van der Waals surface area contributed by atoms with E-state index in [1.807, 2.05) is 18.0 Å². The van der Waals surface area contributed by atoms with Gasteiger partial charge in [-0.15, -0.1) is 0 Å². The van der Waals surface area contributed by atoms with Crippen molar-refractivity contribution < 1.29 is 14.2 Å². The molecule has 0 fully saturated rings. The number of Topliss-reactive ketones (excluding diaryl/α,β-unsaturated/α-hetero) is 1. The number of thioether (sulfide) groups is 1. The Bertz CT molecular complexity index is 1880. The van der Waals surface area contributed by atoms with Crippen LogP contribution >= 0.6 is 11.8 Å². The minimum Gasteiger partial charge on any atom is -0.371 e. The molecule has 1 aromatic heterocycles. The monoisotopic (exact) mass is 601 g/mol. The summed E-state index contributed by atoms with van der Waals surface area (Å²) in [6, 6.07) is 29.8. The maximum absolute atomic E-state index is 12.9. The van der Waals surface area contributed by atoms with Crippen molar-refractivity contribution in [3.05, 3.63) is 118 Å². The van der Waals surface area contributed by atoms with Crippen molar-refractivity contribution in [2.24, 2.45) is 0 Å². The summed E-state index contributed by atoms with van der Waals surface area (Å²) in [5.41, 5.74) is 6.14. The maximum atomic E-state index is 12.9. The molecule has 1 aliphatic heterocycles. The Morgan fingerprint density at radius 1 is 0.841 bits per heavy atom. The second-order valence-corrected chi connectivity index (χ2v) is 12.5. The Hall–Kier alpha value is -4.62. The second kappa shape index (κ2) is 12.2. The highest BCUT2D eigenvalue weighted by molar-refractivity contribution is 8.03. The van der Waals surface area contributed by atoms with Crippen molar-refractivity contribution in [2.45, 2.75) is 25.2 Å². The molecule has 0 saturated heterocycles. The average molecular weight is 602 g/mol. The molecular weight excluding hydrogens is 565 g/mol. The quantitative estimate of drug-likeness (QED) is 0.164. The van der Waals surface area contributed by atoms with Gasteiger partial charge in [-0.1, -0.05) is 60.3 Å². The number of likely N-dealkylation sites (N-methyl/N-ethyl adjacent to an activating group) is 1. The van der Waals surface area contributed by atoms with Gasteiger partial charge in [0.05, 0.1) is 30.0 Å². The van der Waals surface area contributed by atoms with Crippen LogP contribution < -0.4 is 14.4 Å². The molecule has 0 unspecified atom stereocenters. The van der Waals surface area contributed by atoms with Crippen molar-refractivity contribution in [1.29, 1.82) is 0 Å². The molecule has 4 aromatic rings. The van der Waals surface area contributed by atoms with Crippen LogP contribution in [0.5, 0.6) is 0 Å². The number of carbonyl (C=O) groups is 2. The van der Waals surface area contributed by atoms with E-state index in [-0.39, 0.29) is 11.6 Å².